The van der Waals surface area contributed by atoms with Crippen molar-refractivity contribution in [2.24, 2.45) is 0 Å². The Labute approximate surface area is 120 Å². The van der Waals surface area contributed by atoms with Crippen LogP contribution in [-0.4, -0.2) is 5.78 Å². The molecule has 0 aromatic heterocycles. The summed E-state index contributed by atoms with van der Waals surface area (Å²) in [6.07, 6.45) is 3.79. The Morgan fingerprint density at radius 2 is 1.30 bits per heavy atom. The van der Waals surface area contributed by atoms with Crippen molar-refractivity contribution >= 4 is 11.4 Å². The molecular weight excluding hydrogens is 244 g/mol. The molecule has 0 saturated heterocycles. The normalized spacial score (nSPS) is 10.5. The molecule has 20 heavy (non-hydrogen) atoms. The molecule has 0 heterocycles. The van der Waals surface area contributed by atoms with Crippen molar-refractivity contribution in [3.05, 3.63) is 89.5 Å². The van der Waals surface area contributed by atoms with Gasteiger partial charge in [-0.25, -0.2) is 0 Å². The van der Waals surface area contributed by atoms with Gasteiger partial charge in [-0.2, -0.15) is 0 Å². The maximum absolute atomic E-state index is 12.0. The molecule has 0 amide bonds. The summed E-state index contributed by atoms with van der Waals surface area (Å²) in [5.74, 6) is 0.0748. The molecule has 0 saturated carbocycles. The first kappa shape index (κ1) is 14.0. The standard InChI is InChI=1S/C19H18O/c1-3-10-18(15(2)20)19(16-11-6-4-7-12-16)17-13-8-5-9-14-17/h3-14H,1-2H3/b10-3+. The first-order valence-electron chi connectivity index (χ1n) is 6.72. The fourth-order valence-corrected chi connectivity index (χ4v) is 2.23. The van der Waals surface area contributed by atoms with Gasteiger partial charge in [0.05, 0.1) is 0 Å². The Morgan fingerprint density at radius 1 is 0.850 bits per heavy atom. The van der Waals surface area contributed by atoms with E-state index in [1.807, 2.05) is 79.7 Å². The summed E-state index contributed by atoms with van der Waals surface area (Å²) >= 11 is 0. The molecule has 2 aromatic rings. The van der Waals surface area contributed by atoms with E-state index in [2.05, 4.69) is 0 Å². The molecule has 0 atom stereocenters. The number of rotatable bonds is 4. The topological polar surface area (TPSA) is 17.1 Å². The fourth-order valence-electron chi connectivity index (χ4n) is 2.23. The summed E-state index contributed by atoms with van der Waals surface area (Å²) in [6, 6.07) is 20.1. The van der Waals surface area contributed by atoms with Crippen molar-refractivity contribution in [3.63, 3.8) is 0 Å². The quantitative estimate of drug-likeness (QED) is 0.579. The van der Waals surface area contributed by atoms with E-state index in [4.69, 9.17) is 0 Å². The molecule has 0 unspecified atom stereocenters. The maximum Gasteiger partial charge on any atom is 0.160 e. The van der Waals surface area contributed by atoms with Gasteiger partial charge in [0.1, 0.15) is 0 Å². The van der Waals surface area contributed by atoms with Crippen LogP contribution in [0, 0.1) is 0 Å². The highest BCUT2D eigenvalue weighted by Gasteiger charge is 2.12. The minimum atomic E-state index is 0.0748. The molecule has 0 radical (unpaired) electrons. The predicted molar refractivity (Wildman–Crippen MR) is 84.4 cm³/mol. The van der Waals surface area contributed by atoms with E-state index in [0.29, 0.717) is 0 Å². The highest BCUT2D eigenvalue weighted by molar-refractivity contribution is 6.06. The van der Waals surface area contributed by atoms with E-state index in [1.165, 1.54) is 0 Å². The van der Waals surface area contributed by atoms with Crippen LogP contribution in [-0.2, 0) is 4.79 Å². The van der Waals surface area contributed by atoms with Crippen LogP contribution in [0.2, 0.25) is 0 Å². The van der Waals surface area contributed by atoms with Gasteiger partial charge in [0.25, 0.3) is 0 Å². The molecule has 0 bridgehead atoms. The molecule has 1 heteroatoms. The average molecular weight is 262 g/mol. The second-order valence-corrected chi connectivity index (χ2v) is 4.58. The zero-order valence-corrected chi connectivity index (χ0v) is 11.8. The molecule has 2 rings (SSSR count). The Kier molecular flexibility index (Phi) is 4.67. The smallest absolute Gasteiger partial charge is 0.160 e. The lowest BCUT2D eigenvalue weighted by Gasteiger charge is -2.12. The van der Waals surface area contributed by atoms with Gasteiger partial charge in [-0.3, -0.25) is 4.79 Å². The molecule has 0 aliphatic rings. The first-order valence-corrected chi connectivity index (χ1v) is 6.72. The highest BCUT2D eigenvalue weighted by Crippen LogP contribution is 2.28. The summed E-state index contributed by atoms with van der Waals surface area (Å²) in [7, 11) is 0. The SMILES string of the molecule is C/C=C/C(C(C)=O)=C(c1ccccc1)c1ccccc1. The molecule has 0 N–H and O–H groups in total. The number of hydrogen-bond donors (Lipinski definition) is 0. The summed E-state index contributed by atoms with van der Waals surface area (Å²) < 4.78 is 0. The second kappa shape index (κ2) is 6.67. The van der Waals surface area contributed by atoms with Gasteiger partial charge in [0.15, 0.2) is 5.78 Å². The third-order valence-corrected chi connectivity index (χ3v) is 3.11. The number of benzene rings is 2. The van der Waals surface area contributed by atoms with Crippen molar-refractivity contribution in [1.82, 2.24) is 0 Å². The number of carbonyl (C=O) groups excluding carboxylic acids is 1. The van der Waals surface area contributed by atoms with Gasteiger partial charge < -0.3 is 0 Å². The van der Waals surface area contributed by atoms with Crippen LogP contribution in [0.15, 0.2) is 78.4 Å². The zero-order chi connectivity index (χ0) is 14.4. The second-order valence-electron chi connectivity index (χ2n) is 4.58. The fraction of sp³-hybridized carbons (Fsp3) is 0.105. The monoisotopic (exact) mass is 262 g/mol. The Hall–Kier alpha value is -2.41. The highest BCUT2D eigenvalue weighted by atomic mass is 16.1. The molecule has 0 aliphatic heterocycles. The minimum absolute atomic E-state index is 0.0748. The van der Waals surface area contributed by atoms with Crippen LogP contribution in [0.25, 0.3) is 5.57 Å². The lowest BCUT2D eigenvalue weighted by atomic mass is 9.91. The lowest BCUT2D eigenvalue weighted by Crippen LogP contribution is -2.00. The molecular formula is C19H18O. The first-order chi connectivity index (χ1) is 9.74. The van der Waals surface area contributed by atoms with E-state index in [0.717, 1.165) is 22.3 Å². The Balaban J connectivity index is 2.73. The van der Waals surface area contributed by atoms with E-state index >= 15 is 0 Å². The van der Waals surface area contributed by atoms with Gasteiger partial charge in [0.2, 0.25) is 0 Å². The third kappa shape index (κ3) is 3.12. The van der Waals surface area contributed by atoms with Gasteiger partial charge in [-0.15, -0.1) is 0 Å². The lowest BCUT2D eigenvalue weighted by molar-refractivity contribution is -0.113. The van der Waals surface area contributed by atoms with Crippen molar-refractivity contribution < 1.29 is 4.79 Å². The number of allylic oxidation sites excluding steroid dienone is 3. The zero-order valence-electron chi connectivity index (χ0n) is 11.8. The average Bonchev–Trinajstić information content (AvgIpc) is 2.49. The van der Waals surface area contributed by atoms with Crippen LogP contribution in [0.1, 0.15) is 25.0 Å². The molecule has 1 nitrogen and oxygen atoms in total. The maximum atomic E-state index is 12.0. The van der Waals surface area contributed by atoms with Gasteiger partial charge in [-0.1, -0.05) is 72.8 Å². The van der Waals surface area contributed by atoms with Crippen molar-refractivity contribution in [3.8, 4) is 0 Å². The predicted octanol–water partition coefficient (Wildman–Crippen LogP) is 4.65. The van der Waals surface area contributed by atoms with E-state index < -0.39 is 0 Å². The summed E-state index contributed by atoms with van der Waals surface area (Å²) in [4.78, 5) is 12.0. The molecule has 0 fully saturated rings. The van der Waals surface area contributed by atoms with Gasteiger partial charge in [0, 0.05) is 5.57 Å². The molecule has 100 valence electrons. The summed E-state index contributed by atoms with van der Waals surface area (Å²) in [5, 5.41) is 0. The van der Waals surface area contributed by atoms with Gasteiger partial charge >= 0.3 is 0 Å². The van der Waals surface area contributed by atoms with Gasteiger partial charge in [-0.05, 0) is 30.5 Å². The number of hydrogen-bond acceptors (Lipinski definition) is 1. The van der Waals surface area contributed by atoms with E-state index in [1.54, 1.807) is 6.92 Å². The minimum Gasteiger partial charge on any atom is -0.294 e. The van der Waals surface area contributed by atoms with Crippen molar-refractivity contribution in [2.75, 3.05) is 0 Å². The summed E-state index contributed by atoms with van der Waals surface area (Å²) in [6.45, 7) is 3.54. The van der Waals surface area contributed by atoms with Crippen LogP contribution in [0.5, 0.6) is 0 Å². The molecule has 0 aliphatic carbocycles. The van der Waals surface area contributed by atoms with Crippen molar-refractivity contribution in [2.45, 2.75) is 13.8 Å². The molecule has 2 aromatic carbocycles. The van der Waals surface area contributed by atoms with E-state index in [9.17, 15) is 4.79 Å². The van der Waals surface area contributed by atoms with E-state index in [-0.39, 0.29) is 5.78 Å². The molecule has 0 spiro atoms. The largest absolute Gasteiger partial charge is 0.294 e. The van der Waals surface area contributed by atoms with Crippen LogP contribution < -0.4 is 0 Å². The third-order valence-electron chi connectivity index (χ3n) is 3.11. The summed E-state index contributed by atoms with van der Waals surface area (Å²) in [5.41, 5.74) is 3.84. The number of ketones is 1. The van der Waals surface area contributed by atoms with Crippen molar-refractivity contribution in [1.29, 1.82) is 0 Å². The van der Waals surface area contributed by atoms with Crippen LogP contribution >= 0.6 is 0 Å². The number of carbonyl (C=O) groups is 1. The Bertz CT molecular complexity index is 592. The van der Waals surface area contributed by atoms with Crippen LogP contribution in [0.4, 0.5) is 0 Å². The van der Waals surface area contributed by atoms with Crippen LogP contribution in [0.3, 0.4) is 0 Å². The number of Topliss-reactive ketones (excluding diaryl/α,β-unsaturated/α-hetero) is 1. The Morgan fingerprint density at radius 3 is 1.65 bits per heavy atom.